The Kier molecular flexibility index (Phi) is 5.00. The van der Waals surface area contributed by atoms with Gasteiger partial charge in [-0.25, -0.2) is 4.72 Å². The maximum Gasteiger partial charge on any atom is 0.279 e. The van der Waals surface area contributed by atoms with Crippen molar-refractivity contribution in [2.45, 2.75) is 32.6 Å². The number of piperidine rings is 1. The van der Waals surface area contributed by atoms with Crippen molar-refractivity contribution in [2.24, 2.45) is 11.8 Å². The molecular formula is C12H25N3O2S. The summed E-state index contributed by atoms with van der Waals surface area (Å²) in [5.41, 5.74) is 0. The van der Waals surface area contributed by atoms with E-state index in [1.165, 1.54) is 0 Å². The summed E-state index contributed by atoms with van der Waals surface area (Å²) in [6.07, 6.45) is 4.24. The van der Waals surface area contributed by atoms with Crippen molar-refractivity contribution in [2.75, 3.05) is 32.7 Å². The standard InChI is InChI=1S/C12H25N3O2S/c1-2-11-4-7-15(8-5-11)18(16,17)14-10-12-3-6-13-9-12/h11-14H,2-10H2,1H3. The first-order valence-electron chi connectivity index (χ1n) is 7.07. The highest BCUT2D eigenvalue weighted by atomic mass is 32.2. The van der Waals surface area contributed by atoms with Gasteiger partial charge in [-0.15, -0.1) is 0 Å². The highest BCUT2D eigenvalue weighted by Gasteiger charge is 2.28. The number of hydrogen-bond donors (Lipinski definition) is 2. The number of hydrogen-bond acceptors (Lipinski definition) is 3. The fourth-order valence-electron chi connectivity index (χ4n) is 2.76. The number of rotatable bonds is 5. The van der Waals surface area contributed by atoms with E-state index in [1.54, 1.807) is 4.31 Å². The minimum atomic E-state index is -3.25. The minimum absolute atomic E-state index is 0.452. The third kappa shape index (κ3) is 3.66. The highest BCUT2D eigenvalue weighted by molar-refractivity contribution is 7.87. The summed E-state index contributed by atoms with van der Waals surface area (Å²) in [7, 11) is -3.25. The lowest BCUT2D eigenvalue weighted by Crippen LogP contribution is -2.46. The molecule has 6 heteroatoms. The van der Waals surface area contributed by atoms with E-state index < -0.39 is 10.2 Å². The van der Waals surface area contributed by atoms with Gasteiger partial charge in [-0.1, -0.05) is 13.3 Å². The molecule has 0 spiro atoms. The van der Waals surface area contributed by atoms with Crippen molar-refractivity contribution in [3.8, 4) is 0 Å². The summed E-state index contributed by atoms with van der Waals surface area (Å²) in [5, 5.41) is 3.25. The zero-order chi connectivity index (χ0) is 13.0. The molecule has 0 saturated carbocycles. The van der Waals surface area contributed by atoms with Gasteiger partial charge in [0.25, 0.3) is 10.2 Å². The summed E-state index contributed by atoms with van der Waals surface area (Å²) in [5.74, 6) is 1.16. The van der Waals surface area contributed by atoms with Gasteiger partial charge in [0.05, 0.1) is 0 Å². The van der Waals surface area contributed by atoms with E-state index in [-0.39, 0.29) is 0 Å². The minimum Gasteiger partial charge on any atom is -0.316 e. The average molecular weight is 275 g/mol. The lowest BCUT2D eigenvalue weighted by atomic mass is 9.96. The Labute approximate surface area is 110 Å². The second-order valence-electron chi connectivity index (χ2n) is 5.46. The molecule has 106 valence electrons. The largest absolute Gasteiger partial charge is 0.316 e. The van der Waals surface area contributed by atoms with Crippen LogP contribution in [0.3, 0.4) is 0 Å². The SMILES string of the molecule is CCC1CCN(S(=O)(=O)NCC2CCNC2)CC1. The van der Waals surface area contributed by atoms with Gasteiger partial charge in [-0.2, -0.15) is 12.7 Å². The fourth-order valence-corrected chi connectivity index (χ4v) is 4.08. The Hall–Kier alpha value is -0.170. The van der Waals surface area contributed by atoms with Crippen LogP contribution in [0.1, 0.15) is 32.6 Å². The van der Waals surface area contributed by atoms with E-state index in [1.807, 2.05) is 0 Å². The van der Waals surface area contributed by atoms with Crippen LogP contribution >= 0.6 is 0 Å². The Morgan fingerprint density at radius 3 is 2.50 bits per heavy atom. The summed E-state index contributed by atoms with van der Waals surface area (Å²) >= 11 is 0. The van der Waals surface area contributed by atoms with E-state index in [0.29, 0.717) is 31.5 Å². The first-order valence-corrected chi connectivity index (χ1v) is 8.51. The predicted molar refractivity (Wildman–Crippen MR) is 72.5 cm³/mol. The average Bonchev–Trinajstić information content (AvgIpc) is 2.90. The van der Waals surface area contributed by atoms with Gasteiger partial charge in [0.15, 0.2) is 0 Å². The smallest absolute Gasteiger partial charge is 0.279 e. The molecule has 2 aliphatic rings. The van der Waals surface area contributed by atoms with Gasteiger partial charge in [-0.3, -0.25) is 0 Å². The Morgan fingerprint density at radius 1 is 1.22 bits per heavy atom. The molecule has 2 rings (SSSR count). The maximum atomic E-state index is 12.1. The van der Waals surface area contributed by atoms with Crippen LogP contribution in [0.25, 0.3) is 0 Å². The van der Waals surface area contributed by atoms with E-state index >= 15 is 0 Å². The first kappa shape index (κ1) is 14.2. The third-order valence-electron chi connectivity index (χ3n) is 4.21. The van der Waals surface area contributed by atoms with Gasteiger partial charge in [0.1, 0.15) is 0 Å². The topological polar surface area (TPSA) is 61.4 Å². The maximum absolute atomic E-state index is 12.1. The van der Waals surface area contributed by atoms with Crippen LogP contribution in [-0.4, -0.2) is 45.4 Å². The molecule has 2 heterocycles. The predicted octanol–water partition coefficient (Wildman–Crippen LogP) is 0.552. The Morgan fingerprint density at radius 2 is 1.94 bits per heavy atom. The molecule has 0 radical (unpaired) electrons. The van der Waals surface area contributed by atoms with E-state index in [2.05, 4.69) is 17.0 Å². The van der Waals surface area contributed by atoms with Crippen LogP contribution in [0.5, 0.6) is 0 Å². The van der Waals surface area contributed by atoms with E-state index in [9.17, 15) is 8.42 Å². The first-order chi connectivity index (χ1) is 8.62. The molecule has 2 N–H and O–H groups in total. The molecule has 5 nitrogen and oxygen atoms in total. The second-order valence-corrected chi connectivity index (χ2v) is 7.22. The van der Waals surface area contributed by atoms with Crippen molar-refractivity contribution in [3.63, 3.8) is 0 Å². The fraction of sp³-hybridized carbons (Fsp3) is 1.00. The lowest BCUT2D eigenvalue weighted by Gasteiger charge is -2.30. The van der Waals surface area contributed by atoms with Gasteiger partial charge in [0.2, 0.25) is 0 Å². The molecular weight excluding hydrogens is 250 g/mol. The van der Waals surface area contributed by atoms with Crippen LogP contribution in [0.4, 0.5) is 0 Å². The molecule has 2 fully saturated rings. The van der Waals surface area contributed by atoms with Crippen molar-refractivity contribution < 1.29 is 8.42 Å². The monoisotopic (exact) mass is 275 g/mol. The second kappa shape index (κ2) is 6.32. The van der Waals surface area contributed by atoms with Crippen LogP contribution < -0.4 is 10.0 Å². The quantitative estimate of drug-likeness (QED) is 0.770. The van der Waals surface area contributed by atoms with Crippen molar-refractivity contribution in [1.29, 1.82) is 0 Å². The Balaban J connectivity index is 1.79. The summed E-state index contributed by atoms with van der Waals surface area (Å²) < 4.78 is 28.6. The summed E-state index contributed by atoms with van der Waals surface area (Å²) in [4.78, 5) is 0. The zero-order valence-electron chi connectivity index (χ0n) is 11.2. The van der Waals surface area contributed by atoms with Gasteiger partial charge < -0.3 is 5.32 Å². The molecule has 2 saturated heterocycles. The molecule has 0 aromatic carbocycles. The van der Waals surface area contributed by atoms with Crippen molar-refractivity contribution in [3.05, 3.63) is 0 Å². The molecule has 1 unspecified atom stereocenters. The molecule has 0 aliphatic carbocycles. The zero-order valence-corrected chi connectivity index (χ0v) is 12.0. The van der Waals surface area contributed by atoms with Crippen LogP contribution in [0.2, 0.25) is 0 Å². The lowest BCUT2D eigenvalue weighted by molar-refractivity contribution is 0.266. The molecule has 0 aromatic heterocycles. The Bertz CT molecular complexity index is 344. The third-order valence-corrected chi connectivity index (χ3v) is 5.78. The normalized spacial score (nSPS) is 27.7. The van der Waals surface area contributed by atoms with E-state index in [0.717, 1.165) is 38.8 Å². The van der Waals surface area contributed by atoms with Gasteiger partial charge in [0, 0.05) is 19.6 Å². The van der Waals surface area contributed by atoms with Crippen LogP contribution in [0.15, 0.2) is 0 Å². The van der Waals surface area contributed by atoms with E-state index in [4.69, 9.17) is 0 Å². The molecule has 2 aliphatic heterocycles. The number of nitrogens with zero attached hydrogens (tertiary/aromatic N) is 1. The highest BCUT2D eigenvalue weighted by Crippen LogP contribution is 2.21. The van der Waals surface area contributed by atoms with Crippen molar-refractivity contribution >= 4 is 10.2 Å². The van der Waals surface area contributed by atoms with Crippen LogP contribution in [0, 0.1) is 11.8 Å². The summed E-state index contributed by atoms with van der Waals surface area (Å²) in [6.45, 7) is 6.05. The summed E-state index contributed by atoms with van der Waals surface area (Å²) in [6, 6.07) is 0. The molecule has 18 heavy (non-hydrogen) atoms. The molecule has 0 bridgehead atoms. The van der Waals surface area contributed by atoms with Gasteiger partial charge >= 0.3 is 0 Å². The molecule has 0 amide bonds. The van der Waals surface area contributed by atoms with Gasteiger partial charge in [-0.05, 0) is 44.2 Å². The van der Waals surface area contributed by atoms with Crippen LogP contribution in [-0.2, 0) is 10.2 Å². The molecule has 1 atom stereocenters. The number of nitrogens with one attached hydrogen (secondary N) is 2. The molecule has 0 aromatic rings. The van der Waals surface area contributed by atoms with Crippen molar-refractivity contribution in [1.82, 2.24) is 14.3 Å².